The van der Waals surface area contributed by atoms with Crippen molar-refractivity contribution in [3.8, 4) is 0 Å². The predicted molar refractivity (Wildman–Crippen MR) is 148 cm³/mol. The number of nitrogens with two attached hydrogens (primary N) is 2. The average Bonchev–Trinajstić information content (AvgIpc) is 3.61. The molecule has 0 spiro atoms. The van der Waals surface area contributed by atoms with Gasteiger partial charge < -0.3 is 72.1 Å². The van der Waals surface area contributed by atoms with Crippen molar-refractivity contribution in [3.05, 3.63) is 42.7 Å². The largest absolute Gasteiger partial charge is 0.756 e. The van der Waals surface area contributed by atoms with Crippen molar-refractivity contribution >= 4 is 38.5 Å². The summed E-state index contributed by atoms with van der Waals surface area (Å²) in [7, 11) is -11.0. The highest BCUT2D eigenvalue weighted by atomic mass is 31.3. The summed E-state index contributed by atoms with van der Waals surface area (Å²) in [5.41, 5.74) is 11.4. The first-order valence-electron chi connectivity index (χ1n) is 12.6. The third-order valence-corrected chi connectivity index (χ3v) is 9.30. The number of hydrogen-bond donors (Lipinski definition) is 7. The van der Waals surface area contributed by atoms with Crippen LogP contribution in [0.15, 0.2) is 37.2 Å². The molecule has 0 aromatic carbocycles. The number of amides is 1. The van der Waals surface area contributed by atoms with E-state index in [1.807, 2.05) is 0 Å². The van der Waals surface area contributed by atoms with E-state index in [4.69, 9.17) is 20.9 Å². The molecule has 2 fully saturated rings. The van der Waals surface area contributed by atoms with E-state index in [1.54, 1.807) is 0 Å². The van der Waals surface area contributed by atoms with Crippen molar-refractivity contribution in [1.29, 1.82) is 0 Å². The van der Waals surface area contributed by atoms with Crippen molar-refractivity contribution in [2.45, 2.75) is 49.1 Å². The van der Waals surface area contributed by atoms with Crippen LogP contribution in [0, 0.1) is 0 Å². The van der Waals surface area contributed by atoms with Crippen LogP contribution in [0.3, 0.4) is 0 Å². The second-order valence-corrected chi connectivity index (χ2v) is 12.7. The molecule has 2 aliphatic rings. The van der Waals surface area contributed by atoms with E-state index in [1.165, 1.54) is 40.0 Å². The van der Waals surface area contributed by atoms with Crippen molar-refractivity contribution in [2.24, 2.45) is 5.73 Å². The number of pyridine rings is 1. The SMILES string of the molecule is NC(=O)c1ccc[n+]([C@@H]2O[C@H](COP(=O)([O-])OP(=O)(O)OC[C@H]3O[C@@H](n4cnc5c(N)ncnc54)[C@H](O)[C@@H]3O)[C@@H](O)[C@H]2O)c1.O.O.O. The number of rotatable bonds is 11. The summed E-state index contributed by atoms with van der Waals surface area (Å²) in [5.74, 6) is -0.729. The van der Waals surface area contributed by atoms with E-state index in [9.17, 15) is 44.1 Å². The molecule has 26 heteroatoms. The van der Waals surface area contributed by atoms with E-state index in [0.29, 0.717) is 0 Å². The molecule has 0 saturated carbocycles. The van der Waals surface area contributed by atoms with E-state index in [2.05, 4.69) is 28.3 Å². The number of anilines is 1. The highest BCUT2D eigenvalue weighted by molar-refractivity contribution is 7.60. The molecule has 47 heavy (non-hydrogen) atoms. The van der Waals surface area contributed by atoms with Gasteiger partial charge in [-0.1, -0.05) is 0 Å². The molecule has 2 unspecified atom stereocenters. The minimum Gasteiger partial charge on any atom is -0.756 e. The summed E-state index contributed by atoms with van der Waals surface area (Å²) in [6, 6.07) is 2.82. The lowest BCUT2D eigenvalue weighted by atomic mass is 10.1. The third kappa shape index (κ3) is 8.48. The molecule has 3 aromatic rings. The van der Waals surface area contributed by atoms with E-state index in [-0.39, 0.29) is 39.0 Å². The number of phosphoric ester groups is 2. The van der Waals surface area contributed by atoms with Gasteiger partial charge in [-0.3, -0.25) is 18.5 Å². The van der Waals surface area contributed by atoms with Crippen molar-refractivity contribution < 1.29 is 88.0 Å². The molecule has 2 saturated heterocycles. The summed E-state index contributed by atoms with van der Waals surface area (Å²) in [4.78, 5) is 45.5. The zero-order valence-corrected chi connectivity index (χ0v) is 25.5. The van der Waals surface area contributed by atoms with Gasteiger partial charge in [-0.05, 0) is 6.07 Å². The first-order valence-corrected chi connectivity index (χ1v) is 15.5. The van der Waals surface area contributed by atoms with Gasteiger partial charge in [0.1, 0.15) is 47.9 Å². The number of aromatic nitrogens is 5. The Hall–Kier alpha value is -3.13. The van der Waals surface area contributed by atoms with E-state index < -0.39 is 83.8 Å². The van der Waals surface area contributed by atoms with Crippen molar-refractivity contribution in [2.75, 3.05) is 18.9 Å². The quantitative estimate of drug-likeness (QED) is 0.0716. The smallest absolute Gasteiger partial charge is 0.478 e. The van der Waals surface area contributed by atoms with Crippen molar-refractivity contribution in [1.82, 2.24) is 19.5 Å². The average molecular weight is 717 g/mol. The lowest BCUT2D eigenvalue weighted by Gasteiger charge is -2.26. The lowest BCUT2D eigenvalue weighted by Crippen LogP contribution is -2.46. The molecule has 0 aliphatic carbocycles. The summed E-state index contributed by atoms with van der Waals surface area (Å²) in [6.07, 6.45) is -7.05. The summed E-state index contributed by atoms with van der Waals surface area (Å²) in [6.45, 7) is -1.89. The van der Waals surface area contributed by atoms with Crippen LogP contribution in [0.1, 0.15) is 22.8 Å². The van der Waals surface area contributed by atoms with Crippen LogP contribution < -0.4 is 20.9 Å². The van der Waals surface area contributed by atoms with Crippen LogP contribution >= 0.6 is 15.6 Å². The molecule has 264 valence electrons. The molecule has 24 nitrogen and oxygen atoms in total. The Morgan fingerprint density at radius 2 is 1.64 bits per heavy atom. The minimum atomic E-state index is -5.62. The molecule has 2 aliphatic heterocycles. The monoisotopic (exact) mass is 717 g/mol. The van der Waals surface area contributed by atoms with Gasteiger partial charge in [0.2, 0.25) is 0 Å². The topological polar surface area (TPSA) is 416 Å². The van der Waals surface area contributed by atoms with Gasteiger partial charge in [-0.25, -0.2) is 23.8 Å². The Balaban J connectivity index is 0.00000256. The van der Waals surface area contributed by atoms with E-state index >= 15 is 0 Å². The Morgan fingerprint density at radius 1 is 1.00 bits per heavy atom. The fraction of sp³-hybridized carbons (Fsp3) is 0.476. The van der Waals surface area contributed by atoms with Gasteiger partial charge >= 0.3 is 7.82 Å². The third-order valence-electron chi connectivity index (χ3n) is 6.74. The maximum absolute atomic E-state index is 12.4. The highest BCUT2D eigenvalue weighted by Crippen LogP contribution is 2.58. The molecule has 5 heterocycles. The Labute approximate surface area is 262 Å². The number of primary amides is 1. The Kier molecular flexibility index (Phi) is 13.1. The lowest BCUT2D eigenvalue weighted by molar-refractivity contribution is -0.765. The number of hydrogen-bond acceptors (Lipinski definition) is 17. The van der Waals surface area contributed by atoms with Gasteiger partial charge in [0, 0.05) is 6.07 Å². The minimum absolute atomic E-state index is 0. The normalized spacial score (nSPS) is 29.6. The standard InChI is InChI=1S/C21H27N7O14P2.3H2O/c22-17-12-19(25-7-24-17)28(8-26-12)21-16(32)14(30)11(41-21)6-39-44(36,37)42-43(34,35)38-5-10-13(29)15(31)20(40-10)27-3-1-2-9(4-27)18(23)33;;;/h1-4,7-8,10-11,13-16,20-21,29-32H,5-6H2,(H5-,22,23,24,25,33,34,35,36,37);3*1H2/t10-,11-,13-,14-,15-,16-,20-,21-;;;/m1.../s1. The maximum Gasteiger partial charge on any atom is 0.478 e. The number of ether oxygens (including phenoxy) is 2. The number of fused-ring (bicyclic) bond motifs is 1. The number of aliphatic hydroxyl groups is 4. The highest BCUT2D eigenvalue weighted by Gasteiger charge is 2.49. The van der Waals surface area contributed by atoms with Gasteiger partial charge in [-0.2, -0.15) is 4.57 Å². The van der Waals surface area contributed by atoms with E-state index in [0.717, 1.165) is 6.33 Å². The van der Waals surface area contributed by atoms with Crippen LogP contribution in [-0.2, 0) is 32.0 Å². The number of carbonyl (C=O) groups excluding carboxylic acids is 1. The van der Waals surface area contributed by atoms with Crippen LogP contribution in [0.4, 0.5) is 5.82 Å². The second kappa shape index (κ2) is 15.4. The maximum atomic E-state index is 12.4. The van der Waals surface area contributed by atoms with Gasteiger partial charge in [0.15, 0.2) is 36.2 Å². The number of nitrogens with zero attached hydrogens (tertiary/aromatic N) is 5. The molecular weight excluding hydrogens is 684 g/mol. The van der Waals surface area contributed by atoms with Gasteiger partial charge in [-0.15, -0.1) is 0 Å². The molecular formula is C21H33N7O17P2. The van der Waals surface area contributed by atoms with Crippen LogP contribution in [0.25, 0.3) is 11.2 Å². The Morgan fingerprint density at radius 3 is 2.32 bits per heavy atom. The first-order chi connectivity index (χ1) is 20.7. The summed E-state index contributed by atoms with van der Waals surface area (Å²) >= 11 is 0. The zero-order chi connectivity index (χ0) is 32.0. The molecule has 0 bridgehead atoms. The van der Waals surface area contributed by atoms with Crippen LogP contribution in [0.2, 0.25) is 0 Å². The molecule has 3 aromatic heterocycles. The van der Waals surface area contributed by atoms with Crippen LogP contribution in [0.5, 0.6) is 0 Å². The molecule has 10 atom stereocenters. The fourth-order valence-corrected chi connectivity index (χ4v) is 6.62. The predicted octanol–water partition coefficient (Wildman–Crippen LogP) is -6.12. The van der Waals surface area contributed by atoms with Crippen LogP contribution in [-0.4, -0.2) is 117 Å². The molecule has 1 amide bonds. The first kappa shape index (κ1) is 40.0. The Bertz CT molecular complexity index is 1630. The summed E-state index contributed by atoms with van der Waals surface area (Å²) < 4.78 is 51.5. The number of nitrogen functional groups attached to an aromatic ring is 1. The summed E-state index contributed by atoms with van der Waals surface area (Å²) in [5, 5.41) is 41.6. The van der Waals surface area contributed by atoms with Gasteiger partial charge in [0.25, 0.3) is 20.0 Å². The van der Waals surface area contributed by atoms with Crippen molar-refractivity contribution in [3.63, 3.8) is 0 Å². The number of phosphoric acid groups is 2. The fourth-order valence-electron chi connectivity index (χ4n) is 4.57. The zero-order valence-electron chi connectivity index (χ0n) is 23.7. The molecule has 15 N–H and O–H groups in total. The number of aliphatic hydroxyl groups excluding tert-OH is 4. The molecule has 5 rings (SSSR count). The number of imidazole rings is 1. The van der Waals surface area contributed by atoms with Gasteiger partial charge in [0.05, 0.1) is 19.5 Å². The second-order valence-electron chi connectivity index (χ2n) is 9.67. The molecule has 0 radical (unpaired) electrons. The number of carbonyl (C=O) groups is 1.